The van der Waals surface area contributed by atoms with Crippen LogP contribution in [0, 0.1) is 0 Å². The van der Waals surface area contributed by atoms with Crippen LogP contribution >= 0.6 is 12.4 Å². The van der Waals surface area contributed by atoms with Crippen molar-refractivity contribution in [1.29, 1.82) is 0 Å². The van der Waals surface area contributed by atoms with Crippen molar-refractivity contribution in [3.05, 3.63) is 42.0 Å². The summed E-state index contributed by atoms with van der Waals surface area (Å²) in [5.41, 5.74) is 7.43. The van der Waals surface area contributed by atoms with Crippen LogP contribution in [-0.2, 0) is 0 Å². The van der Waals surface area contributed by atoms with Crippen molar-refractivity contribution in [2.24, 2.45) is 5.73 Å². The van der Waals surface area contributed by atoms with E-state index in [1.165, 1.54) is 29.2 Å². The van der Waals surface area contributed by atoms with E-state index in [4.69, 9.17) is 10.5 Å². The fourth-order valence-electron chi connectivity index (χ4n) is 2.19. The van der Waals surface area contributed by atoms with E-state index in [1.807, 2.05) is 6.07 Å². The zero-order valence-electron chi connectivity index (χ0n) is 11.6. The van der Waals surface area contributed by atoms with Gasteiger partial charge in [0.2, 0.25) is 0 Å². The van der Waals surface area contributed by atoms with E-state index < -0.39 is 0 Å². The van der Waals surface area contributed by atoms with Gasteiger partial charge in [-0.25, -0.2) is 0 Å². The minimum atomic E-state index is 0. The molecule has 0 heterocycles. The third-order valence-corrected chi connectivity index (χ3v) is 3.37. The van der Waals surface area contributed by atoms with Crippen LogP contribution in [0.1, 0.15) is 37.8 Å². The molecule has 2 rings (SSSR count). The molecule has 0 unspecified atom stereocenters. The summed E-state index contributed by atoms with van der Waals surface area (Å²) < 4.78 is 5.23. The first-order valence-electron chi connectivity index (χ1n) is 6.58. The molecule has 19 heavy (non-hydrogen) atoms. The summed E-state index contributed by atoms with van der Waals surface area (Å²) in [6.07, 6.45) is 3.43. The van der Waals surface area contributed by atoms with Gasteiger partial charge in [-0.05, 0) is 41.0 Å². The minimum absolute atomic E-state index is 0. The van der Waals surface area contributed by atoms with E-state index in [-0.39, 0.29) is 18.4 Å². The lowest BCUT2D eigenvalue weighted by Gasteiger charge is -2.12. The average molecular weight is 280 g/mol. The van der Waals surface area contributed by atoms with Gasteiger partial charge in [0, 0.05) is 6.04 Å². The first-order chi connectivity index (χ1) is 8.74. The minimum Gasteiger partial charge on any atom is -0.497 e. The number of methoxy groups -OCH3 is 1. The van der Waals surface area contributed by atoms with Crippen molar-refractivity contribution in [2.45, 2.75) is 32.2 Å². The highest BCUT2D eigenvalue weighted by molar-refractivity contribution is 5.85. The predicted molar refractivity (Wildman–Crippen MR) is 84.2 cm³/mol. The van der Waals surface area contributed by atoms with Gasteiger partial charge in [-0.2, -0.15) is 0 Å². The van der Waals surface area contributed by atoms with Crippen LogP contribution in [0.2, 0.25) is 0 Å². The monoisotopic (exact) mass is 279 g/mol. The second kappa shape index (κ2) is 7.37. The number of hydrogen-bond donors (Lipinski definition) is 1. The number of benzene rings is 2. The van der Waals surface area contributed by atoms with Crippen molar-refractivity contribution in [1.82, 2.24) is 0 Å². The first-order valence-corrected chi connectivity index (χ1v) is 6.58. The van der Waals surface area contributed by atoms with E-state index in [1.54, 1.807) is 7.11 Å². The molecule has 2 nitrogen and oxygen atoms in total. The summed E-state index contributed by atoms with van der Waals surface area (Å²) >= 11 is 0. The smallest absolute Gasteiger partial charge is 0.119 e. The molecule has 2 N–H and O–H groups in total. The molecule has 0 saturated carbocycles. The zero-order valence-corrected chi connectivity index (χ0v) is 12.4. The number of unbranched alkanes of at least 4 members (excludes halogenated alkanes) is 1. The fourth-order valence-corrected chi connectivity index (χ4v) is 2.19. The Kier molecular flexibility index (Phi) is 6.13. The predicted octanol–water partition coefficient (Wildman–Crippen LogP) is 4.46. The summed E-state index contributed by atoms with van der Waals surface area (Å²) in [6.45, 7) is 2.19. The Bertz CT molecular complexity index is 527. The van der Waals surface area contributed by atoms with Gasteiger partial charge in [-0.15, -0.1) is 12.4 Å². The maximum Gasteiger partial charge on any atom is 0.119 e. The molecular formula is C16H22ClNO. The zero-order chi connectivity index (χ0) is 13.0. The standard InChI is InChI=1S/C16H21NO.ClH/c1-3-4-5-16(17)14-7-6-13-11-15(18-2)9-8-12(13)10-14;/h6-11,16H,3-5,17H2,1-2H3;1H/t16-;/m1./s1. The lowest BCUT2D eigenvalue weighted by Crippen LogP contribution is -2.09. The molecule has 2 aromatic carbocycles. The van der Waals surface area contributed by atoms with Crippen LogP contribution in [0.15, 0.2) is 36.4 Å². The Labute approximate surface area is 121 Å². The van der Waals surface area contributed by atoms with Crippen molar-refractivity contribution in [3.8, 4) is 5.75 Å². The van der Waals surface area contributed by atoms with Crippen LogP contribution in [0.25, 0.3) is 10.8 Å². The van der Waals surface area contributed by atoms with Crippen LogP contribution in [0.4, 0.5) is 0 Å². The van der Waals surface area contributed by atoms with Gasteiger partial charge in [0.05, 0.1) is 7.11 Å². The largest absolute Gasteiger partial charge is 0.497 e. The van der Waals surface area contributed by atoms with Crippen LogP contribution in [-0.4, -0.2) is 7.11 Å². The Morgan fingerprint density at radius 1 is 1.11 bits per heavy atom. The van der Waals surface area contributed by atoms with Gasteiger partial charge >= 0.3 is 0 Å². The van der Waals surface area contributed by atoms with Gasteiger partial charge < -0.3 is 10.5 Å². The highest BCUT2D eigenvalue weighted by Gasteiger charge is 2.06. The molecule has 0 amide bonds. The van der Waals surface area contributed by atoms with Gasteiger partial charge in [0.25, 0.3) is 0 Å². The number of nitrogens with two attached hydrogens (primary N) is 1. The molecule has 0 aliphatic carbocycles. The number of halogens is 1. The van der Waals surface area contributed by atoms with Gasteiger partial charge in [-0.1, -0.05) is 38.0 Å². The van der Waals surface area contributed by atoms with Crippen molar-refractivity contribution in [3.63, 3.8) is 0 Å². The summed E-state index contributed by atoms with van der Waals surface area (Å²) in [5, 5.41) is 2.42. The van der Waals surface area contributed by atoms with E-state index in [2.05, 4.69) is 37.3 Å². The molecule has 0 aromatic heterocycles. The maximum absolute atomic E-state index is 6.20. The van der Waals surface area contributed by atoms with Crippen LogP contribution in [0.5, 0.6) is 5.75 Å². The SMILES string of the molecule is CCCC[C@@H](N)c1ccc2cc(OC)ccc2c1.Cl. The van der Waals surface area contributed by atoms with Gasteiger partial charge in [0.1, 0.15) is 5.75 Å². The third-order valence-electron chi connectivity index (χ3n) is 3.37. The fraction of sp³-hybridized carbons (Fsp3) is 0.375. The molecule has 3 heteroatoms. The van der Waals surface area contributed by atoms with Crippen LogP contribution < -0.4 is 10.5 Å². The van der Waals surface area contributed by atoms with Crippen molar-refractivity contribution >= 4 is 23.2 Å². The number of ether oxygens (including phenoxy) is 1. The molecular weight excluding hydrogens is 258 g/mol. The van der Waals surface area contributed by atoms with Gasteiger partial charge in [0.15, 0.2) is 0 Å². The van der Waals surface area contributed by atoms with E-state index >= 15 is 0 Å². The molecule has 0 aliphatic heterocycles. The second-order valence-corrected chi connectivity index (χ2v) is 4.72. The highest BCUT2D eigenvalue weighted by Crippen LogP contribution is 2.25. The third kappa shape index (κ3) is 3.85. The van der Waals surface area contributed by atoms with E-state index in [0.717, 1.165) is 12.2 Å². The summed E-state index contributed by atoms with van der Waals surface area (Å²) in [6, 6.07) is 12.7. The van der Waals surface area contributed by atoms with Crippen molar-refractivity contribution < 1.29 is 4.74 Å². The number of fused-ring (bicyclic) bond motifs is 1. The summed E-state index contributed by atoms with van der Waals surface area (Å²) in [4.78, 5) is 0. The Morgan fingerprint density at radius 2 is 1.79 bits per heavy atom. The normalized spacial score (nSPS) is 11.9. The molecule has 104 valence electrons. The Hall–Kier alpha value is -1.25. The van der Waals surface area contributed by atoms with Crippen molar-refractivity contribution in [2.75, 3.05) is 7.11 Å². The quantitative estimate of drug-likeness (QED) is 0.877. The molecule has 0 aliphatic rings. The molecule has 0 spiro atoms. The van der Waals surface area contributed by atoms with E-state index in [0.29, 0.717) is 0 Å². The Balaban J connectivity index is 0.00000180. The first kappa shape index (κ1) is 15.8. The molecule has 1 atom stereocenters. The maximum atomic E-state index is 6.20. The molecule has 0 bridgehead atoms. The summed E-state index contributed by atoms with van der Waals surface area (Å²) in [7, 11) is 1.69. The second-order valence-electron chi connectivity index (χ2n) is 4.72. The molecule has 0 radical (unpaired) electrons. The molecule has 0 fully saturated rings. The molecule has 2 aromatic rings. The van der Waals surface area contributed by atoms with Crippen LogP contribution in [0.3, 0.4) is 0 Å². The highest BCUT2D eigenvalue weighted by atomic mass is 35.5. The Morgan fingerprint density at radius 3 is 2.47 bits per heavy atom. The molecule has 0 saturated heterocycles. The average Bonchev–Trinajstić information content (AvgIpc) is 2.43. The number of hydrogen-bond acceptors (Lipinski definition) is 2. The van der Waals surface area contributed by atoms with E-state index in [9.17, 15) is 0 Å². The number of rotatable bonds is 5. The topological polar surface area (TPSA) is 35.2 Å². The lowest BCUT2D eigenvalue weighted by molar-refractivity contribution is 0.415. The lowest BCUT2D eigenvalue weighted by atomic mass is 9.99. The van der Waals surface area contributed by atoms with Gasteiger partial charge in [-0.3, -0.25) is 0 Å². The summed E-state index contributed by atoms with van der Waals surface area (Å²) in [5.74, 6) is 0.894.